The Morgan fingerprint density at radius 2 is 1.24 bits per heavy atom. The number of hydrogen-bond acceptors (Lipinski definition) is 10. The molecule has 174 valence electrons. The average Bonchev–Trinajstić information content (AvgIpc) is 3.36. The molecule has 1 aliphatic heterocycles. The monoisotopic (exact) mass is 497 g/mol. The number of likely N-dealkylation sites (N-methyl/N-ethyl adjacent to an activating group) is 1. The lowest BCUT2D eigenvalue weighted by Gasteiger charge is -2.26. The molecular weight excluding hydrogens is 478 g/mol. The molecule has 10 heteroatoms. The van der Waals surface area contributed by atoms with Gasteiger partial charge >= 0.3 is 9.88 Å². The molecule has 0 N–H and O–H groups in total. The molecule has 1 aliphatic rings. The molecule has 5 rings (SSSR count). The molecule has 0 spiro atoms. The summed E-state index contributed by atoms with van der Waals surface area (Å²) in [5.41, 5.74) is 3.50. The highest BCUT2D eigenvalue weighted by molar-refractivity contribution is 7.16. The number of Topliss-reactive ketones (excluding diaryl/α,β-unsaturated/α-hetero) is 1. The van der Waals surface area contributed by atoms with Gasteiger partial charge in [-0.2, -0.15) is 0 Å². The van der Waals surface area contributed by atoms with E-state index in [0.717, 1.165) is 33.8 Å². The maximum absolute atomic E-state index is 13.4. The number of piperidine rings is 1. The van der Waals surface area contributed by atoms with Crippen molar-refractivity contribution in [3.8, 4) is 11.5 Å². The molecule has 0 saturated carbocycles. The first-order valence-electron chi connectivity index (χ1n) is 10.2. The summed E-state index contributed by atoms with van der Waals surface area (Å²) in [6.45, 7) is 0.952. The number of fused-ring (bicyclic) bond motifs is 2. The fourth-order valence-electron chi connectivity index (χ4n) is 4.02. The Morgan fingerprint density at radius 1 is 0.794 bits per heavy atom. The minimum absolute atomic E-state index is 0.0722. The Bertz CT molecular complexity index is 1500. The molecule has 1 saturated heterocycles. The van der Waals surface area contributed by atoms with Gasteiger partial charge in [-0.1, -0.05) is 22.7 Å². The summed E-state index contributed by atoms with van der Waals surface area (Å²) in [4.78, 5) is 37.9. The van der Waals surface area contributed by atoms with Crippen LogP contribution in [0.3, 0.4) is 0 Å². The topological polar surface area (TPSA) is 99.2 Å². The first-order chi connectivity index (χ1) is 16.3. The molecule has 0 atom stereocenters. The molecule has 8 nitrogen and oxygen atoms in total. The van der Waals surface area contributed by atoms with E-state index in [4.69, 9.17) is 18.3 Å². The zero-order chi connectivity index (χ0) is 24.0. The second-order valence-electron chi connectivity index (χ2n) is 7.85. The minimum Gasteiger partial charge on any atom is -0.493 e. The summed E-state index contributed by atoms with van der Waals surface area (Å²) in [5.74, 6) is 0.807. The molecular formula is C24H19NO7S2. The fourth-order valence-corrected chi connectivity index (χ4v) is 5.49. The molecule has 4 aromatic rings. The van der Waals surface area contributed by atoms with Gasteiger partial charge < -0.3 is 18.3 Å². The van der Waals surface area contributed by atoms with E-state index >= 15 is 0 Å². The first-order valence-corrected chi connectivity index (χ1v) is 11.9. The number of methoxy groups -OCH3 is 2. The maximum Gasteiger partial charge on any atom is 0.396 e. The zero-order valence-corrected chi connectivity index (χ0v) is 20.1. The molecule has 1 fully saturated rings. The lowest BCUT2D eigenvalue weighted by Crippen LogP contribution is -2.34. The molecule has 0 amide bonds. The van der Waals surface area contributed by atoms with Crippen molar-refractivity contribution >= 4 is 61.2 Å². The van der Waals surface area contributed by atoms with Crippen LogP contribution in [0.25, 0.3) is 32.7 Å². The van der Waals surface area contributed by atoms with Crippen molar-refractivity contribution in [3.05, 3.63) is 66.0 Å². The highest BCUT2D eigenvalue weighted by atomic mass is 32.1. The molecule has 0 aliphatic carbocycles. The van der Waals surface area contributed by atoms with Gasteiger partial charge in [0.2, 0.25) is 0 Å². The highest BCUT2D eigenvalue weighted by Gasteiger charge is 2.24. The quantitative estimate of drug-likeness (QED) is 0.390. The van der Waals surface area contributed by atoms with Crippen molar-refractivity contribution < 1.29 is 23.1 Å². The van der Waals surface area contributed by atoms with Crippen molar-refractivity contribution in [2.45, 2.75) is 0 Å². The van der Waals surface area contributed by atoms with Gasteiger partial charge in [0.1, 0.15) is 0 Å². The van der Waals surface area contributed by atoms with E-state index in [9.17, 15) is 14.4 Å². The number of carbonyl (C=O) groups is 1. The van der Waals surface area contributed by atoms with Gasteiger partial charge in [-0.3, -0.25) is 9.69 Å². The summed E-state index contributed by atoms with van der Waals surface area (Å²) >= 11 is 1.98. The van der Waals surface area contributed by atoms with Gasteiger partial charge in [0.05, 0.1) is 23.6 Å². The van der Waals surface area contributed by atoms with E-state index in [2.05, 4.69) is 0 Å². The van der Waals surface area contributed by atoms with E-state index < -0.39 is 9.88 Å². The van der Waals surface area contributed by atoms with Gasteiger partial charge in [-0.15, -0.1) is 0 Å². The van der Waals surface area contributed by atoms with Crippen LogP contribution >= 0.6 is 22.7 Å². The maximum atomic E-state index is 13.4. The van der Waals surface area contributed by atoms with Crippen molar-refractivity contribution in [3.63, 3.8) is 0 Å². The zero-order valence-electron chi connectivity index (χ0n) is 18.5. The van der Waals surface area contributed by atoms with Crippen LogP contribution < -0.4 is 19.4 Å². The Morgan fingerprint density at radius 3 is 1.65 bits per heavy atom. The number of hydrogen-bond donors (Lipinski definition) is 0. The fraction of sp³-hybridized carbons (Fsp3) is 0.208. The van der Waals surface area contributed by atoms with Crippen LogP contribution in [0.4, 0.5) is 0 Å². The van der Waals surface area contributed by atoms with E-state index in [-0.39, 0.29) is 5.78 Å². The standard InChI is InChI=1S/C24H19NO7S2/c1-25-10-14(4-12-6-16(29-2)21-18(8-12)33-23(27)31-21)20(26)15(11-25)5-13-7-17(30-3)22-19(9-13)34-24(28)32-22/h4-9H,10-11H2,1-3H3/b14-4-,15-5+. The Labute approximate surface area is 200 Å². The second kappa shape index (κ2) is 8.71. The normalized spacial score (nSPS) is 17.3. The Balaban J connectivity index is 1.55. The summed E-state index contributed by atoms with van der Waals surface area (Å²) in [6.07, 6.45) is 3.62. The third-order valence-corrected chi connectivity index (χ3v) is 6.98. The third-order valence-electron chi connectivity index (χ3n) is 5.43. The van der Waals surface area contributed by atoms with Crippen molar-refractivity contribution in [1.29, 1.82) is 0 Å². The predicted molar refractivity (Wildman–Crippen MR) is 132 cm³/mol. The molecule has 2 aromatic carbocycles. The van der Waals surface area contributed by atoms with E-state index in [0.29, 0.717) is 56.3 Å². The smallest absolute Gasteiger partial charge is 0.396 e. The van der Waals surface area contributed by atoms with Gasteiger partial charge in [0.15, 0.2) is 28.4 Å². The summed E-state index contributed by atoms with van der Waals surface area (Å²) in [7, 11) is 4.95. The van der Waals surface area contributed by atoms with E-state index in [1.807, 2.05) is 36.2 Å². The van der Waals surface area contributed by atoms with Crippen molar-refractivity contribution in [2.75, 3.05) is 34.4 Å². The van der Waals surface area contributed by atoms with E-state index in [1.54, 1.807) is 12.1 Å². The third kappa shape index (κ3) is 4.11. The highest BCUT2D eigenvalue weighted by Crippen LogP contribution is 2.33. The number of carbonyl (C=O) groups excluding carboxylic acids is 1. The van der Waals surface area contributed by atoms with E-state index in [1.165, 1.54) is 14.2 Å². The van der Waals surface area contributed by atoms with Crippen LogP contribution in [-0.2, 0) is 4.79 Å². The Kier molecular flexibility index (Phi) is 5.72. The largest absolute Gasteiger partial charge is 0.493 e. The predicted octanol–water partition coefficient (Wildman–Crippen LogP) is 4.02. The molecule has 34 heavy (non-hydrogen) atoms. The van der Waals surface area contributed by atoms with Crippen LogP contribution in [0.1, 0.15) is 11.1 Å². The molecule has 0 radical (unpaired) electrons. The van der Waals surface area contributed by atoms with Gasteiger partial charge in [0.25, 0.3) is 0 Å². The first kappa shape index (κ1) is 22.3. The second-order valence-corrected chi connectivity index (χ2v) is 9.80. The summed E-state index contributed by atoms with van der Waals surface area (Å²) < 4.78 is 22.5. The number of ketones is 1. The molecule has 3 heterocycles. The number of nitrogens with zero attached hydrogens (tertiary/aromatic N) is 1. The molecule has 0 unspecified atom stereocenters. The number of benzene rings is 2. The molecule has 2 aromatic heterocycles. The average molecular weight is 498 g/mol. The number of likely N-dealkylation sites (tertiary alicyclic amines) is 1. The van der Waals surface area contributed by atoms with Gasteiger partial charge in [0, 0.05) is 24.2 Å². The van der Waals surface area contributed by atoms with Gasteiger partial charge in [-0.05, 0) is 54.6 Å². The van der Waals surface area contributed by atoms with Crippen LogP contribution in [0.15, 0.2) is 53.8 Å². The number of rotatable bonds is 4. The summed E-state index contributed by atoms with van der Waals surface area (Å²) in [5, 5.41) is 0. The van der Waals surface area contributed by atoms with Crippen LogP contribution in [0.5, 0.6) is 11.5 Å². The van der Waals surface area contributed by atoms with Crippen LogP contribution in [0.2, 0.25) is 0 Å². The SMILES string of the molecule is COc1cc(/C=C2/CN(C)C/C(=C\c3cc(OC)c4oc(=O)sc4c3)C2=O)cc2sc(=O)oc12. The lowest BCUT2D eigenvalue weighted by atomic mass is 9.94. The van der Waals surface area contributed by atoms with Crippen molar-refractivity contribution in [1.82, 2.24) is 4.90 Å². The van der Waals surface area contributed by atoms with Crippen LogP contribution in [0, 0.1) is 0 Å². The summed E-state index contributed by atoms with van der Waals surface area (Å²) in [6, 6.07) is 7.11. The Hall–Kier alpha value is -3.47. The number of ether oxygens (including phenoxy) is 2. The van der Waals surface area contributed by atoms with Gasteiger partial charge in [-0.25, -0.2) is 9.59 Å². The van der Waals surface area contributed by atoms with Crippen LogP contribution in [-0.4, -0.2) is 45.0 Å². The van der Waals surface area contributed by atoms with Crippen molar-refractivity contribution in [2.24, 2.45) is 0 Å². The lowest BCUT2D eigenvalue weighted by molar-refractivity contribution is -0.113. The minimum atomic E-state index is -0.410. The molecule has 0 bridgehead atoms.